The van der Waals surface area contributed by atoms with Gasteiger partial charge in [-0.1, -0.05) is 26.7 Å². The van der Waals surface area contributed by atoms with E-state index in [1.54, 1.807) is 35.6 Å². The predicted molar refractivity (Wildman–Crippen MR) is 120 cm³/mol. The van der Waals surface area contributed by atoms with Crippen molar-refractivity contribution in [2.75, 3.05) is 26.3 Å². The van der Waals surface area contributed by atoms with E-state index in [9.17, 15) is 8.42 Å². The van der Waals surface area contributed by atoms with E-state index in [1.807, 2.05) is 0 Å². The highest BCUT2D eigenvalue weighted by atomic mass is 32.2. The lowest BCUT2D eigenvalue weighted by atomic mass is 9.78. The highest BCUT2D eigenvalue weighted by Gasteiger charge is 2.30. The molecule has 2 heterocycles. The minimum atomic E-state index is -3.48. The Morgan fingerprint density at radius 2 is 1.80 bits per heavy atom. The van der Waals surface area contributed by atoms with Crippen LogP contribution in [0.2, 0.25) is 0 Å². The Morgan fingerprint density at radius 3 is 2.50 bits per heavy atom. The van der Waals surface area contributed by atoms with Crippen molar-refractivity contribution in [1.82, 2.24) is 8.87 Å². The van der Waals surface area contributed by atoms with Crippen molar-refractivity contribution in [3.05, 3.63) is 40.1 Å². The SMILES string of the molecule is Cc1csc(=Nc2ccc(S(=O)(=O)N3CCOCC3)cc2)n1C1CCCC(C)C1C. The van der Waals surface area contributed by atoms with Gasteiger partial charge in [0.2, 0.25) is 10.0 Å². The van der Waals surface area contributed by atoms with Crippen molar-refractivity contribution in [2.24, 2.45) is 16.8 Å². The number of morpholine rings is 1. The molecule has 1 aliphatic carbocycles. The fourth-order valence-corrected chi connectivity index (χ4v) is 6.89. The molecule has 0 amide bonds. The van der Waals surface area contributed by atoms with Crippen molar-refractivity contribution in [1.29, 1.82) is 0 Å². The van der Waals surface area contributed by atoms with E-state index in [0.29, 0.717) is 49.1 Å². The van der Waals surface area contributed by atoms with E-state index in [2.05, 4.69) is 30.7 Å². The van der Waals surface area contributed by atoms with Gasteiger partial charge >= 0.3 is 0 Å². The Hall–Kier alpha value is -1.48. The Labute approximate surface area is 183 Å². The summed E-state index contributed by atoms with van der Waals surface area (Å²) in [5, 5.41) is 2.17. The molecule has 3 unspecified atom stereocenters. The maximum Gasteiger partial charge on any atom is 0.243 e. The largest absolute Gasteiger partial charge is 0.379 e. The molecule has 2 aliphatic rings. The summed E-state index contributed by atoms with van der Waals surface area (Å²) in [6.45, 7) is 8.56. The second-order valence-electron chi connectivity index (χ2n) is 8.49. The fourth-order valence-electron chi connectivity index (χ4n) is 4.54. The van der Waals surface area contributed by atoms with Gasteiger partial charge in [-0.25, -0.2) is 13.4 Å². The highest BCUT2D eigenvalue weighted by Crippen LogP contribution is 2.37. The third kappa shape index (κ3) is 4.28. The fraction of sp³-hybridized carbons (Fsp3) is 0.591. The van der Waals surface area contributed by atoms with Crippen molar-refractivity contribution >= 4 is 27.0 Å². The molecular formula is C22H31N3O3S2. The van der Waals surface area contributed by atoms with Crippen molar-refractivity contribution in [3.8, 4) is 0 Å². The van der Waals surface area contributed by atoms with Crippen LogP contribution >= 0.6 is 11.3 Å². The van der Waals surface area contributed by atoms with Crippen LogP contribution < -0.4 is 4.80 Å². The number of hydrogen-bond acceptors (Lipinski definition) is 5. The van der Waals surface area contributed by atoms with Gasteiger partial charge in [0.15, 0.2) is 4.80 Å². The maximum absolute atomic E-state index is 12.8. The van der Waals surface area contributed by atoms with Gasteiger partial charge in [0.05, 0.1) is 23.8 Å². The number of sulfonamides is 1. The third-order valence-corrected chi connectivity index (χ3v) is 9.46. The molecule has 3 atom stereocenters. The van der Waals surface area contributed by atoms with Crippen LogP contribution in [0.25, 0.3) is 0 Å². The molecule has 1 saturated heterocycles. The highest BCUT2D eigenvalue weighted by molar-refractivity contribution is 7.89. The minimum Gasteiger partial charge on any atom is -0.379 e. The summed E-state index contributed by atoms with van der Waals surface area (Å²) in [7, 11) is -3.48. The van der Waals surface area contributed by atoms with Crippen LogP contribution in [-0.4, -0.2) is 43.6 Å². The smallest absolute Gasteiger partial charge is 0.243 e. The van der Waals surface area contributed by atoms with Crippen molar-refractivity contribution < 1.29 is 13.2 Å². The topological polar surface area (TPSA) is 63.9 Å². The van der Waals surface area contributed by atoms with E-state index in [4.69, 9.17) is 9.73 Å². The van der Waals surface area contributed by atoms with Crippen LogP contribution in [0.5, 0.6) is 0 Å². The summed E-state index contributed by atoms with van der Waals surface area (Å²) in [6.07, 6.45) is 3.74. The number of benzene rings is 1. The van der Waals surface area contributed by atoms with Crippen LogP contribution in [0.15, 0.2) is 39.5 Å². The summed E-state index contributed by atoms with van der Waals surface area (Å²) < 4.78 is 34.8. The number of aryl methyl sites for hydroxylation is 1. The summed E-state index contributed by atoms with van der Waals surface area (Å²) in [6, 6.07) is 7.42. The van der Waals surface area contributed by atoms with Gasteiger partial charge in [-0.05, 0) is 49.4 Å². The molecule has 1 saturated carbocycles. The Kier molecular flexibility index (Phi) is 6.48. The molecule has 0 radical (unpaired) electrons. The zero-order valence-electron chi connectivity index (χ0n) is 18.0. The van der Waals surface area contributed by atoms with E-state index in [0.717, 1.165) is 10.5 Å². The monoisotopic (exact) mass is 449 g/mol. The van der Waals surface area contributed by atoms with Crippen LogP contribution in [0.4, 0.5) is 5.69 Å². The molecule has 0 bridgehead atoms. The van der Waals surface area contributed by atoms with Gasteiger partial charge < -0.3 is 9.30 Å². The van der Waals surface area contributed by atoms with E-state index >= 15 is 0 Å². The quantitative estimate of drug-likeness (QED) is 0.706. The lowest BCUT2D eigenvalue weighted by Gasteiger charge is -2.35. The second kappa shape index (κ2) is 8.94. The molecular weight excluding hydrogens is 418 g/mol. The molecule has 4 rings (SSSR count). The number of ether oxygens (including phenoxy) is 1. The molecule has 6 nitrogen and oxygen atoms in total. The van der Waals surface area contributed by atoms with E-state index in [-0.39, 0.29) is 0 Å². The molecule has 2 fully saturated rings. The van der Waals surface area contributed by atoms with Crippen LogP contribution in [-0.2, 0) is 14.8 Å². The zero-order chi connectivity index (χ0) is 21.3. The number of hydrogen-bond donors (Lipinski definition) is 0. The molecule has 1 aliphatic heterocycles. The van der Waals surface area contributed by atoms with Crippen molar-refractivity contribution in [3.63, 3.8) is 0 Å². The third-order valence-electron chi connectivity index (χ3n) is 6.59. The summed E-state index contributed by atoms with van der Waals surface area (Å²) >= 11 is 1.66. The Bertz CT molecular complexity index is 1030. The minimum absolute atomic E-state index is 0.313. The van der Waals surface area contributed by atoms with Crippen LogP contribution in [0, 0.1) is 18.8 Å². The molecule has 1 aromatic carbocycles. The number of nitrogens with zero attached hydrogens (tertiary/aromatic N) is 3. The van der Waals surface area contributed by atoms with Gasteiger partial charge in [0, 0.05) is 30.2 Å². The van der Waals surface area contributed by atoms with Crippen LogP contribution in [0.1, 0.15) is 44.8 Å². The first kappa shape index (κ1) is 21.7. The predicted octanol–water partition coefficient (Wildman–Crippen LogP) is 4.11. The van der Waals surface area contributed by atoms with Crippen molar-refractivity contribution in [2.45, 2.75) is 51.0 Å². The molecule has 0 N–H and O–H groups in total. The maximum atomic E-state index is 12.8. The second-order valence-corrected chi connectivity index (χ2v) is 11.3. The van der Waals surface area contributed by atoms with Crippen LogP contribution in [0.3, 0.4) is 0 Å². The average Bonchev–Trinajstić information content (AvgIpc) is 3.11. The van der Waals surface area contributed by atoms with E-state index in [1.165, 1.54) is 29.3 Å². The van der Waals surface area contributed by atoms with Gasteiger partial charge in [-0.2, -0.15) is 4.31 Å². The molecule has 1 aromatic heterocycles. The zero-order valence-corrected chi connectivity index (χ0v) is 19.6. The molecule has 164 valence electrons. The van der Waals surface area contributed by atoms with Gasteiger partial charge in [0.1, 0.15) is 0 Å². The lowest BCUT2D eigenvalue weighted by Crippen LogP contribution is -2.40. The van der Waals surface area contributed by atoms with Gasteiger partial charge in [-0.3, -0.25) is 0 Å². The summed E-state index contributed by atoms with van der Waals surface area (Å²) in [5.74, 6) is 1.33. The number of rotatable bonds is 4. The first-order valence-electron chi connectivity index (χ1n) is 10.8. The molecule has 0 spiro atoms. The molecule has 30 heavy (non-hydrogen) atoms. The lowest BCUT2D eigenvalue weighted by molar-refractivity contribution is 0.0730. The first-order chi connectivity index (χ1) is 14.4. The van der Waals surface area contributed by atoms with E-state index < -0.39 is 10.0 Å². The summed E-state index contributed by atoms with van der Waals surface area (Å²) in [4.78, 5) is 6.19. The standard InChI is InChI=1S/C22H31N3O3S2/c1-16-5-4-6-21(18(16)3)25-17(2)15-29-22(25)23-19-7-9-20(10-8-19)30(26,27)24-11-13-28-14-12-24/h7-10,15-16,18,21H,4-6,11-14H2,1-3H3. The summed E-state index contributed by atoms with van der Waals surface area (Å²) in [5.41, 5.74) is 2.03. The normalized spacial score (nSPS) is 26.8. The van der Waals surface area contributed by atoms with Gasteiger partial charge in [0.25, 0.3) is 0 Å². The Morgan fingerprint density at radius 1 is 1.10 bits per heavy atom. The average molecular weight is 450 g/mol. The van der Waals surface area contributed by atoms with Gasteiger partial charge in [-0.15, -0.1) is 11.3 Å². The number of aromatic nitrogens is 1. The first-order valence-corrected chi connectivity index (χ1v) is 13.1. The Balaban J connectivity index is 1.62. The molecule has 8 heteroatoms. The number of thiazole rings is 1. The molecule has 2 aromatic rings.